The second-order valence-electron chi connectivity index (χ2n) is 6.19. The number of nitrogens with one attached hydrogen (secondary N) is 1. The molecule has 0 spiro atoms. The topological polar surface area (TPSA) is 64.0 Å². The lowest BCUT2D eigenvalue weighted by Crippen LogP contribution is -2.26. The summed E-state index contributed by atoms with van der Waals surface area (Å²) in [5.41, 5.74) is 6.58. The Hall–Kier alpha value is -1.66. The summed E-state index contributed by atoms with van der Waals surface area (Å²) in [4.78, 5) is 0.402. The molecule has 1 aromatic carbocycles. The third-order valence-electron chi connectivity index (χ3n) is 4.77. The van der Waals surface area contributed by atoms with Crippen LogP contribution < -0.4 is 4.72 Å². The van der Waals surface area contributed by atoms with Crippen LogP contribution >= 0.6 is 0 Å². The van der Waals surface area contributed by atoms with E-state index in [2.05, 4.69) is 9.82 Å². The molecule has 0 amide bonds. The maximum absolute atomic E-state index is 12.8. The van der Waals surface area contributed by atoms with Crippen LogP contribution in [0, 0.1) is 41.5 Å². The number of nitrogens with zero attached hydrogens (tertiary/aromatic N) is 2. The van der Waals surface area contributed by atoms with Crippen molar-refractivity contribution in [3.63, 3.8) is 0 Å². The molecule has 0 fully saturated rings. The fourth-order valence-corrected chi connectivity index (χ4v) is 4.54. The molecule has 23 heavy (non-hydrogen) atoms. The number of benzene rings is 1. The molecule has 0 aliphatic rings. The zero-order chi connectivity index (χ0) is 17.5. The molecule has 1 aromatic heterocycles. The lowest BCUT2D eigenvalue weighted by Gasteiger charge is -2.19. The monoisotopic (exact) mass is 335 g/mol. The first-order chi connectivity index (χ1) is 10.6. The van der Waals surface area contributed by atoms with E-state index in [-0.39, 0.29) is 6.54 Å². The summed E-state index contributed by atoms with van der Waals surface area (Å²) in [7, 11) is -1.75. The van der Waals surface area contributed by atoms with Crippen LogP contribution in [0.15, 0.2) is 11.1 Å². The highest BCUT2D eigenvalue weighted by Gasteiger charge is 2.23. The molecule has 5 nitrogen and oxygen atoms in total. The van der Waals surface area contributed by atoms with Gasteiger partial charge in [-0.05, 0) is 69.4 Å². The second-order valence-corrected chi connectivity index (χ2v) is 7.90. The first-order valence-electron chi connectivity index (χ1n) is 7.62. The van der Waals surface area contributed by atoms with Gasteiger partial charge in [-0.3, -0.25) is 4.68 Å². The number of sulfonamides is 1. The van der Waals surface area contributed by atoms with E-state index in [1.807, 2.05) is 54.8 Å². The van der Waals surface area contributed by atoms with Gasteiger partial charge in [-0.25, -0.2) is 13.1 Å². The standard InChI is InChI=1S/C17H25N3O2S/c1-10-11(2)13(4)17(14(5)12(10)3)23(21,22)18-8-16-9-20(7)19-15(16)6/h9,18H,8H2,1-7H3. The van der Waals surface area contributed by atoms with Crippen LogP contribution in [-0.4, -0.2) is 18.2 Å². The van der Waals surface area contributed by atoms with Crippen LogP contribution in [0.5, 0.6) is 0 Å². The Morgan fingerprint density at radius 2 is 1.43 bits per heavy atom. The van der Waals surface area contributed by atoms with Gasteiger partial charge in [0.1, 0.15) is 0 Å². The Bertz CT molecular complexity index is 835. The molecule has 1 heterocycles. The number of hydrogen-bond acceptors (Lipinski definition) is 3. The Kier molecular flexibility index (Phi) is 4.69. The molecule has 0 saturated carbocycles. The summed E-state index contributed by atoms with van der Waals surface area (Å²) in [6, 6.07) is 0. The molecular weight excluding hydrogens is 310 g/mol. The van der Waals surface area contributed by atoms with E-state index < -0.39 is 10.0 Å². The number of aryl methyl sites for hydroxylation is 2. The maximum Gasteiger partial charge on any atom is 0.241 e. The third kappa shape index (κ3) is 3.19. The van der Waals surface area contributed by atoms with Gasteiger partial charge in [-0.1, -0.05) is 0 Å². The zero-order valence-electron chi connectivity index (χ0n) is 14.9. The molecule has 6 heteroatoms. The maximum atomic E-state index is 12.8. The van der Waals surface area contributed by atoms with Gasteiger partial charge >= 0.3 is 0 Å². The van der Waals surface area contributed by atoms with E-state index >= 15 is 0 Å². The van der Waals surface area contributed by atoms with Gasteiger partial charge in [-0.2, -0.15) is 5.10 Å². The van der Waals surface area contributed by atoms with Crippen molar-refractivity contribution in [1.82, 2.24) is 14.5 Å². The second kappa shape index (κ2) is 6.09. The lowest BCUT2D eigenvalue weighted by atomic mass is 9.95. The summed E-state index contributed by atoms with van der Waals surface area (Å²) >= 11 is 0. The minimum atomic E-state index is -3.58. The van der Waals surface area contributed by atoms with Crippen LogP contribution in [0.2, 0.25) is 0 Å². The molecule has 0 aliphatic carbocycles. The molecule has 0 saturated heterocycles. The molecule has 0 bridgehead atoms. The minimum Gasteiger partial charge on any atom is -0.275 e. The van der Waals surface area contributed by atoms with Crippen LogP contribution in [0.1, 0.15) is 39.1 Å². The van der Waals surface area contributed by atoms with Gasteiger partial charge in [0.2, 0.25) is 10.0 Å². The zero-order valence-corrected chi connectivity index (χ0v) is 15.7. The lowest BCUT2D eigenvalue weighted by molar-refractivity contribution is 0.579. The average molecular weight is 335 g/mol. The molecule has 0 aliphatic heterocycles. The molecule has 2 aromatic rings. The number of aromatic nitrogens is 2. The molecule has 0 atom stereocenters. The third-order valence-corrected chi connectivity index (χ3v) is 6.44. The van der Waals surface area contributed by atoms with Gasteiger partial charge in [0, 0.05) is 25.4 Å². The van der Waals surface area contributed by atoms with E-state index in [4.69, 9.17) is 0 Å². The van der Waals surface area contributed by atoms with Crippen LogP contribution in [0.3, 0.4) is 0 Å². The molecule has 0 radical (unpaired) electrons. The van der Waals surface area contributed by atoms with Gasteiger partial charge in [0.05, 0.1) is 10.6 Å². The summed E-state index contributed by atoms with van der Waals surface area (Å²) in [5, 5.41) is 4.24. The van der Waals surface area contributed by atoms with Crippen molar-refractivity contribution in [2.24, 2.45) is 7.05 Å². The Labute approximate surface area is 138 Å². The number of rotatable bonds is 4. The van der Waals surface area contributed by atoms with Gasteiger partial charge < -0.3 is 0 Å². The van der Waals surface area contributed by atoms with Crippen molar-refractivity contribution < 1.29 is 8.42 Å². The van der Waals surface area contributed by atoms with Gasteiger partial charge in [-0.15, -0.1) is 0 Å². The summed E-state index contributed by atoms with van der Waals surface area (Å²) < 4.78 is 30.1. The summed E-state index contributed by atoms with van der Waals surface area (Å²) in [5.74, 6) is 0. The first-order valence-corrected chi connectivity index (χ1v) is 9.10. The fourth-order valence-electron chi connectivity index (χ4n) is 2.94. The Morgan fingerprint density at radius 1 is 0.957 bits per heavy atom. The predicted molar refractivity (Wildman–Crippen MR) is 92.1 cm³/mol. The highest BCUT2D eigenvalue weighted by atomic mass is 32.2. The van der Waals surface area contributed by atoms with Crippen LogP contribution in [0.4, 0.5) is 0 Å². The van der Waals surface area contributed by atoms with Crippen molar-refractivity contribution in [2.75, 3.05) is 0 Å². The smallest absolute Gasteiger partial charge is 0.241 e. The first kappa shape index (κ1) is 17.7. The van der Waals surface area contributed by atoms with Crippen LogP contribution in [0.25, 0.3) is 0 Å². The van der Waals surface area contributed by atoms with Gasteiger partial charge in [0.25, 0.3) is 0 Å². The average Bonchev–Trinajstić information content (AvgIpc) is 2.79. The normalized spacial score (nSPS) is 12.0. The Balaban J connectivity index is 2.43. The molecular formula is C17H25N3O2S. The van der Waals surface area contributed by atoms with Crippen molar-refractivity contribution in [2.45, 2.75) is 53.0 Å². The number of hydrogen-bond donors (Lipinski definition) is 1. The SMILES string of the molecule is Cc1nn(C)cc1CNS(=O)(=O)c1c(C)c(C)c(C)c(C)c1C. The van der Waals surface area contributed by atoms with Crippen molar-refractivity contribution in [3.8, 4) is 0 Å². The quantitative estimate of drug-likeness (QED) is 0.934. The van der Waals surface area contributed by atoms with Crippen LogP contribution in [-0.2, 0) is 23.6 Å². The van der Waals surface area contributed by atoms with Crippen molar-refractivity contribution in [3.05, 3.63) is 45.3 Å². The summed E-state index contributed by atoms with van der Waals surface area (Å²) in [6.07, 6.45) is 1.84. The van der Waals surface area contributed by atoms with E-state index in [0.29, 0.717) is 4.90 Å². The van der Waals surface area contributed by atoms with E-state index in [9.17, 15) is 8.42 Å². The molecule has 126 valence electrons. The highest BCUT2D eigenvalue weighted by Crippen LogP contribution is 2.29. The predicted octanol–water partition coefficient (Wildman–Crippen LogP) is 2.75. The van der Waals surface area contributed by atoms with E-state index in [1.54, 1.807) is 4.68 Å². The van der Waals surface area contributed by atoms with Gasteiger partial charge in [0.15, 0.2) is 0 Å². The summed E-state index contributed by atoms with van der Waals surface area (Å²) in [6.45, 7) is 11.8. The van der Waals surface area contributed by atoms with E-state index in [0.717, 1.165) is 39.1 Å². The highest BCUT2D eigenvalue weighted by molar-refractivity contribution is 7.89. The molecule has 2 rings (SSSR count). The van der Waals surface area contributed by atoms with Crippen molar-refractivity contribution >= 4 is 10.0 Å². The van der Waals surface area contributed by atoms with Crippen molar-refractivity contribution in [1.29, 1.82) is 0 Å². The largest absolute Gasteiger partial charge is 0.275 e. The minimum absolute atomic E-state index is 0.243. The van der Waals surface area contributed by atoms with E-state index in [1.165, 1.54) is 0 Å². The fraction of sp³-hybridized carbons (Fsp3) is 0.471. The molecule has 0 unspecified atom stereocenters. The Morgan fingerprint density at radius 3 is 1.87 bits per heavy atom. The molecule has 1 N–H and O–H groups in total.